The van der Waals surface area contributed by atoms with Gasteiger partial charge in [-0.1, -0.05) is 15.9 Å². The molecule has 2 aromatic carbocycles. The van der Waals surface area contributed by atoms with E-state index in [2.05, 4.69) is 31.9 Å². The third-order valence-corrected chi connectivity index (χ3v) is 3.90. The van der Waals surface area contributed by atoms with E-state index in [0.717, 1.165) is 10.5 Å². The van der Waals surface area contributed by atoms with Crippen LogP contribution in [-0.2, 0) is 6.42 Å². The number of hydrogen-bond donors (Lipinski definition) is 1. The molecule has 20 heavy (non-hydrogen) atoms. The standard InChI is InChI=1S/C14H9Br2F2NO/c15-7-1-2-8(12(19)5-7)13(20)6-9-11(17)4-3-10(16)14(9)18/h1-5H,6,19H2. The van der Waals surface area contributed by atoms with Crippen molar-refractivity contribution in [3.8, 4) is 0 Å². The maximum absolute atomic E-state index is 13.8. The molecule has 6 heteroatoms. The lowest BCUT2D eigenvalue weighted by atomic mass is 10.0. The van der Waals surface area contributed by atoms with Crippen molar-refractivity contribution < 1.29 is 13.6 Å². The van der Waals surface area contributed by atoms with Gasteiger partial charge in [0.2, 0.25) is 0 Å². The van der Waals surface area contributed by atoms with Crippen molar-refractivity contribution >= 4 is 43.3 Å². The van der Waals surface area contributed by atoms with Crippen LogP contribution < -0.4 is 5.73 Å². The van der Waals surface area contributed by atoms with Crippen molar-refractivity contribution in [2.24, 2.45) is 0 Å². The Morgan fingerprint density at radius 2 is 1.85 bits per heavy atom. The summed E-state index contributed by atoms with van der Waals surface area (Å²) in [5.74, 6) is -1.96. The second-order valence-electron chi connectivity index (χ2n) is 4.15. The second kappa shape index (κ2) is 6.01. The van der Waals surface area contributed by atoms with Gasteiger partial charge in [-0.25, -0.2) is 8.78 Å². The number of nitrogen functional groups attached to an aromatic ring is 1. The monoisotopic (exact) mass is 403 g/mol. The summed E-state index contributed by atoms with van der Waals surface area (Å²) < 4.78 is 28.3. The van der Waals surface area contributed by atoms with Crippen LogP contribution in [0.5, 0.6) is 0 Å². The van der Waals surface area contributed by atoms with Gasteiger partial charge in [0.15, 0.2) is 5.78 Å². The van der Waals surface area contributed by atoms with E-state index < -0.39 is 17.4 Å². The second-order valence-corrected chi connectivity index (χ2v) is 5.92. The Morgan fingerprint density at radius 1 is 1.15 bits per heavy atom. The minimum absolute atomic E-state index is 0.116. The van der Waals surface area contributed by atoms with Gasteiger partial charge in [0, 0.05) is 27.7 Å². The van der Waals surface area contributed by atoms with E-state index in [9.17, 15) is 13.6 Å². The van der Waals surface area contributed by atoms with Gasteiger partial charge in [-0.2, -0.15) is 0 Å². The van der Waals surface area contributed by atoms with Gasteiger partial charge in [-0.3, -0.25) is 4.79 Å². The topological polar surface area (TPSA) is 43.1 Å². The van der Waals surface area contributed by atoms with Crippen LogP contribution in [0.15, 0.2) is 39.3 Å². The van der Waals surface area contributed by atoms with Crippen LogP contribution in [0.1, 0.15) is 15.9 Å². The van der Waals surface area contributed by atoms with Crippen LogP contribution >= 0.6 is 31.9 Å². The highest BCUT2D eigenvalue weighted by Crippen LogP contribution is 2.25. The van der Waals surface area contributed by atoms with E-state index in [-0.39, 0.29) is 27.7 Å². The van der Waals surface area contributed by atoms with Gasteiger partial charge in [0.25, 0.3) is 0 Å². The molecule has 0 aromatic heterocycles. The average Bonchev–Trinajstić information content (AvgIpc) is 2.39. The highest BCUT2D eigenvalue weighted by molar-refractivity contribution is 9.10. The van der Waals surface area contributed by atoms with Gasteiger partial charge in [-0.05, 0) is 46.3 Å². The van der Waals surface area contributed by atoms with Gasteiger partial charge >= 0.3 is 0 Å². The molecule has 104 valence electrons. The molecular weight excluding hydrogens is 396 g/mol. The first-order valence-electron chi connectivity index (χ1n) is 5.60. The van der Waals surface area contributed by atoms with Gasteiger partial charge in [0.05, 0.1) is 4.47 Å². The minimum Gasteiger partial charge on any atom is -0.398 e. The Labute approximate surface area is 131 Å². The van der Waals surface area contributed by atoms with Crippen LogP contribution in [0.2, 0.25) is 0 Å². The molecule has 0 radical (unpaired) electrons. The molecule has 0 aliphatic rings. The van der Waals surface area contributed by atoms with Crippen LogP contribution in [0, 0.1) is 11.6 Å². The van der Waals surface area contributed by atoms with Crippen molar-refractivity contribution in [1.29, 1.82) is 0 Å². The number of rotatable bonds is 3. The molecule has 0 heterocycles. The van der Waals surface area contributed by atoms with Crippen molar-refractivity contribution in [2.45, 2.75) is 6.42 Å². The Bertz CT molecular complexity index is 689. The van der Waals surface area contributed by atoms with E-state index in [1.165, 1.54) is 12.1 Å². The molecule has 0 aliphatic heterocycles. The first-order valence-corrected chi connectivity index (χ1v) is 7.19. The maximum Gasteiger partial charge on any atom is 0.169 e. The number of halogens is 4. The number of carbonyl (C=O) groups excluding carboxylic acids is 1. The highest BCUT2D eigenvalue weighted by atomic mass is 79.9. The lowest BCUT2D eigenvalue weighted by Gasteiger charge is -2.08. The summed E-state index contributed by atoms with van der Waals surface area (Å²) in [4.78, 5) is 12.1. The number of hydrogen-bond acceptors (Lipinski definition) is 2. The number of anilines is 1. The number of ketones is 1. The number of benzene rings is 2. The largest absolute Gasteiger partial charge is 0.398 e. The summed E-state index contributed by atoms with van der Waals surface area (Å²) in [6.07, 6.45) is -0.386. The lowest BCUT2D eigenvalue weighted by molar-refractivity contribution is 0.0991. The summed E-state index contributed by atoms with van der Waals surface area (Å²) in [6.45, 7) is 0. The molecule has 0 fully saturated rings. The highest BCUT2D eigenvalue weighted by Gasteiger charge is 2.18. The van der Waals surface area contributed by atoms with Crippen LogP contribution in [-0.4, -0.2) is 5.78 Å². The van der Waals surface area contributed by atoms with E-state index in [4.69, 9.17) is 5.73 Å². The van der Waals surface area contributed by atoms with Crippen molar-refractivity contribution in [2.75, 3.05) is 5.73 Å². The number of carbonyl (C=O) groups is 1. The number of nitrogens with two attached hydrogens (primary N) is 1. The molecule has 0 spiro atoms. The summed E-state index contributed by atoms with van der Waals surface area (Å²) in [7, 11) is 0. The summed E-state index contributed by atoms with van der Waals surface area (Å²) in [5.41, 5.74) is 5.97. The molecule has 0 unspecified atom stereocenters. The summed E-state index contributed by atoms with van der Waals surface area (Å²) in [6, 6.07) is 7.11. The zero-order chi connectivity index (χ0) is 14.9. The normalized spacial score (nSPS) is 10.6. The van der Waals surface area contributed by atoms with Crippen molar-refractivity contribution in [3.63, 3.8) is 0 Å². The Balaban J connectivity index is 2.35. The molecule has 0 saturated carbocycles. The van der Waals surface area contributed by atoms with Gasteiger partial charge < -0.3 is 5.73 Å². The summed E-state index contributed by atoms with van der Waals surface area (Å²) >= 11 is 6.19. The average molecular weight is 405 g/mol. The smallest absolute Gasteiger partial charge is 0.169 e. The fourth-order valence-electron chi connectivity index (χ4n) is 1.77. The fraction of sp³-hybridized carbons (Fsp3) is 0.0714. The Hall–Kier alpha value is -1.27. The molecule has 0 aliphatic carbocycles. The predicted octanol–water partition coefficient (Wildman–Crippen LogP) is 4.50. The van der Waals surface area contributed by atoms with E-state index in [1.807, 2.05) is 0 Å². The Morgan fingerprint density at radius 3 is 2.50 bits per heavy atom. The molecular formula is C14H9Br2F2NO. The maximum atomic E-state index is 13.8. The van der Waals surface area contributed by atoms with Crippen LogP contribution in [0.4, 0.5) is 14.5 Å². The van der Waals surface area contributed by atoms with E-state index in [1.54, 1.807) is 12.1 Å². The van der Waals surface area contributed by atoms with Gasteiger partial charge in [0.1, 0.15) is 11.6 Å². The molecule has 0 amide bonds. The predicted molar refractivity (Wildman–Crippen MR) is 80.6 cm³/mol. The Kier molecular flexibility index (Phi) is 4.55. The summed E-state index contributed by atoms with van der Waals surface area (Å²) in [5, 5.41) is 0. The molecule has 0 bridgehead atoms. The molecule has 2 nitrogen and oxygen atoms in total. The number of Topliss-reactive ketones (excluding diaryl/α,β-unsaturated/α-hetero) is 1. The van der Waals surface area contributed by atoms with Crippen LogP contribution in [0.25, 0.3) is 0 Å². The lowest BCUT2D eigenvalue weighted by Crippen LogP contribution is -2.10. The van der Waals surface area contributed by atoms with E-state index >= 15 is 0 Å². The van der Waals surface area contributed by atoms with Crippen LogP contribution in [0.3, 0.4) is 0 Å². The fourth-order valence-corrected chi connectivity index (χ4v) is 2.52. The third kappa shape index (κ3) is 3.07. The molecule has 2 aromatic rings. The zero-order valence-electron chi connectivity index (χ0n) is 10.1. The minimum atomic E-state index is -0.769. The molecule has 0 atom stereocenters. The first kappa shape index (κ1) is 15.1. The quantitative estimate of drug-likeness (QED) is 0.465. The SMILES string of the molecule is Nc1cc(Br)ccc1C(=O)Cc1c(F)ccc(Br)c1F. The third-order valence-electron chi connectivity index (χ3n) is 2.79. The molecule has 2 N–H and O–H groups in total. The van der Waals surface area contributed by atoms with E-state index in [0.29, 0.717) is 0 Å². The van der Waals surface area contributed by atoms with Crippen molar-refractivity contribution in [1.82, 2.24) is 0 Å². The van der Waals surface area contributed by atoms with Crippen molar-refractivity contribution in [3.05, 3.63) is 62.0 Å². The van der Waals surface area contributed by atoms with Gasteiger partial charge in [-0.15, -0.1) is 0 Å². The zero-order valence-corrected chi connectivity index (χ0v) is 13.3. The molecule has 0 saturated heterocycles. The molecule has 2 rings (SSSR count). The first-order chi connectivity index (χ1) is 9.40.